The van der Waals surface area contributed by atoms with Crippen molar-refractivity contribution < 1.29 is 18.3 Å². The van der Waals surface area contributed by atoms with Gasteiger partial charge in [0.05, 0.1) is 0 Å². The lowest BCUT2D eigenvalue weighted by atomic mass is 10.1. The van der Waals surface area contributed by atoms with Gasteiger partial charge in [-0.15, -0.1) is 0 Å². The van der Waals surface area contributed by atoms with Crippen molar-refractivity contribution in [2.75, 3.05) is 0 Å². The average Bonchev–Trinajstić information content (AvgIpc) is 2.70. The molecule has 2 rings (SSSR count). The van der Waals surface area contributed by atoms with Crippen LogP contribution in [0.4, 0.5) is 8.78 Å². The molecule has 1 unspecified atom stereocenters. The first-order chi connectivity index (χ1) is 7.91. The molecule has 5 heteroatoms. The van der Waals surface area contributed by atoms with Crippen molar-refractivity contribution in [3.05, 3.63) is 34.0 Å². The van der Waals surface area contributed by atoms with E-state index in [9.17, 15) is 13.9 Å². The number of furan rings is 1. The molecular weight excluding hydrogens is 294 g/mol. The van der Waals surface area contributed by atoms with Gasteiger partial charge in [0, 0.05) is 9.86 Å². The fourth-order valence-electron chi connectivity index (χ4n) is 1.59. The zero-order valence-electron chi connectivity index (χ0n) is 9.30. The highest BCUT2D eigenvalue weighted by Crippen LogP contribution is 2.34. The van der Waals surface area contributed by atoms with Crippen LogP contribution in [0.1, 0.15) is 25.7 Å². The van der Waals surface area contributed by atoms with E-state index < -0.39 is 17.7 Å². The van der Waals surface area contributed by atoms with Crippen molar-refractivity contribution in [1.29, 1.82) is 0 Å². The fraction of sp³-hybridized carbons (Fsp3) is 0.333. The van der Waals surface area contributed by atoms with Crippen LogP contribution in [0, 0.1) is 17.6 Å². The maximum atomic E-state index is 13.5. The van der Waals surface area contributed by atoms with Crippen molar-refractivity contribution in [3.8, 4) is 0 Å². The number of benzene rings is 1. The molecule has 0 saturated heterocycles. The monoisotopic (exact) mass is 304 g/mol. The number of halogens is 3. The summed E-state index contributed by atoms with van der Waals surface area (Å²) in [6.45, 7) is 3.62. The zero-order valence-corrected chi connectivity index (χ0v) is 10.9. The highest BCUT2D eigenvalue weighted by molar-refractivity contribution is 9.10. The van der Waals surface area contributed by atoms with Crippen LogP contribution < -0.4 is 0 Å². The number of aliphatic hydroxyl groups excluding tert-OH is 1. The Labute approximate surface area is 105 Å². The maximum Gasteiger partial charge on any atom is 0.201 e. The van der Waals surface area contributed by atoms with Gasteiger partial charge in [0.1, 0.15) is 11.9 Å². The van der Waals surface area contributed by atoms with E-state index in [1.54, 1.807) is 0 Å². The predicted molar refractivity (Wildman–Crippen MR) is 63.6 cm³/mol. The third kappa shape index (κ3) is 2.09. The molecule has 1 aromatic carbocycles. The first kappa shape index (κ1) is 12.5. The number of hydrogen-bond donors (Lipinski definition) is 1. The second kappa shape index (κ2) is 4.38. The van der Waals surface area contributed by atoms with Gasteiger partial charge in [-0.2, -0.15) is 4.39 Å². The highest BCUT2D eigenvalue weighted by Gasteiger charge is 2.21. The Bertz CT molecular complexity index is 563. The molecule has 1 aromatic heterocycles. The van der Waals surface area contributed by atoms with E-state index in [-0.39, 0.29) is 17.3 Å². The minimum atomic E-state index is -1.04. The smallest absolute Gasteiger partial charge is 0.201 e. The normalized spacial score (nSPS) is 13.6. The molecule has 1 heterocycles. The SMILES string of the molecule is CC(C)C(O)c1cc2c(Br)cc(F)c(F)c2o1. The molecule has 0 amide bonds. The highest BCUT2D eigenvalue weighted by atomic mass is 79.9. The van der Waals surface area contributed by atoms with Crippen LogP contribution in [0.5, 0.6) is 0 Å². The summed E-state index contributed by atoms with van der Waals surface area (Å²) in [6.07, 6.45) is -0.836. The molecule has 0 aliphatic heterocycles. The molecule has 0 aliphatic carbocycles. The lowest BCUT2D eigenvalue weighted by Gasteiger charge is -2.10. The summed E-state index contributed by atoms with van der Waals surface area (Å²) in [5.74, 6) is -1.85. The van der Waals surface area contributed by atoms with Crippen molar-refractivity contribution in [3.63, 3.8) is 0 Å². The summed E-state index contributed by atoms with van der Waals surface area (Å²) in [7, 11) is 0. The van der Waals surface area contributed by atoms with Gasteiger partial charge >= 0.3 is 0 Å². The average molecular weight is 305 g/mol. The largest absolute Gasteiger partial charge is 0.455 e. The van der Waals surface area contributed by atoms with E-state index >= 15 is 0 Å². The van der Waals surface area contributed by atoms with Crippen LogP contribution in [-0.4, -0.2) is 5.11 Å². The number of hydrogen-bond acceptors (Lipinski definition) is 2. The van der Waals surface area contributed by atoms with Gasteiger partial charge in [0.15, 0.2) is 11.4 Å². The maximum absolute atomic E-state index is 13.5. The molecule has 0 fully saturated rings. The predicted octanol–water partition coefficient (Wildman–Crippen LogP) is 4.16. The topological polar surface area (TPSA) is 33.4 Å². The van der Waals surface area contributed by atoms with Crippen LogP contribution in [-0.2, 0) is 0 Å². The Balaban J connectivity index is 2.65. The molecule has 2 nitrogen and oxygen atoms in total. The van der Waals surface area contributed by atoms with Crippen molar-refractivity contribution in [2.24, 2.45) is 5.92 Å². The summed E-state index contributed by atoms with van der Waals surface area (Å²) in [5.41, 5.74) is -0.174. The molecule has 17 heavy (non-hydrogen) atoms. The Morgan fingerprint density at radius 1 is 1.29 bits per heavy atom. The first-order valence-corrected chi connectivity index (χ1v) is 5.96. The Morgan fingerprint density at radius 2 is 1.94 bits per heavy atom. The summed E-state index contributed by atoms with van der Waals surface area (Å²) >= 11 is 3.13. The lowest BCUT2D eigenvalue weighted by Crippen LogP contribution is -2.03. The molecule has 2 aromatic rings. The van der Waals surface area contributed by atoms with Gasteiger partial charge in [-0.1, -0.05) is 13.8 Å². The third-order valence-corrected chi connectivity index (χ3v) is 3.25. The quantitative estimate of drug-likeness (QED) is 0.845. The summed E-state index contributed by atoms with van der Waals surface area (Å²) < 4.78 is 32.2. The number of aliphatic hydroxyl groups is 1. The fourth-order valence-corrected chi connectivity index (χ4v) is 2.08. The molecule has 0 saturated carbocycles. The van der Waals surface area contributed by atoms with Crippen LogP contribution in [0.3, 0.4) is 0 Å². The van der Waals surface area contributed by atoms with Gasteiger partial charge in [0.25, 0.3) is 0 Å². The summed E-state index contributed by atoms with van der Waals surface area (Å²) in [4.78, 5) is 0. The Hall–Kier alpha value is -0.940. The van der Waals surface area contributed by atoms with Crippen LogP contribution in [0.25, 0.3) is 11.0 Å². The molecule has 0 radical (unpaired) electrons. The molecule has 0 bridgehead atoms. The second-order valence-electron chi connectivity index (χ2n) is 4.23. The van der Waals surface area contributed by atoms with E-state index in [4.69, 9.17) is 4.42 Å². The standard InChI is InChI=1S/C12H11BrF2O2/c1-5(2)11(16)9-3-6-7(13)4-8(14)10(15)12(6)17-9/h3-5,11,16H,1-2H3. The van der Waals surface area contributed by atoms with E-state index in [1.807, 2.05) is 13.8 Å². The van der Waals surface area contributed by atoms with Gasteiger partial charge in [-0.25, -0.2) is 4.39 Å². The zero-order chi connectivity index (χ0) is 12.7. The van der Waals surface area contributed by atoms with Crippen molar-refractivity contribution >= 4 is 26.9 Å². The van der Waals surface area contributed by atoms with Crippen molar-refractivity contribution in [2.45, 2.75) is 20.0 Å². The minimum absolute atomic E-state index is 0.0674. The van der Waals surface area contributed by atoms with Crippen LogP contribution in [0.15, 0.2) is 21.0 Å². The summed E-state index contributed by atoms with van der Waals surface area (Å²) in [5, 5.41) is 10.2. The van der Waals surface area contributed by atoms with Crippen LogP contribution in [0.2, 0.25) is 0 Å². The van der Waals surface area contributed by atoms with E-state index in [1.165, 1.54) is 6.07 Å². The Kier molecular flexibility index (Phi) is 3.23. The second-order valence-corrected chi connectivity index (χ2v) is 5.09. The number of fused-ring (bicyclic) bond motifs is 1. The Morgan fingerprint density at radius 3 is 2.53 bits per heavy atom. The molecular formula is C12H11BrF2O2. The van der Waals surface area contributed by atoms with E-state index in [0.29, 0.717) is 9.86 Å². The molecule has 92 valence electrons. The summed E-state index contributed by atoms with van der Waals surface area (Å²) in [6, 6.07) is 2.56. The number of rotatable bonds is 2. The van der Waals surface area contributed by atoms with E-state index in [0.717, 1.165) is 6.07 Å². The van der Waals surface area contributed by atoms with Gasteiger partial charge in [0.2, 0.25) is 5.82 Å². The van der Waals surface area contributed by atoms with Crippen LogP contribution >= 0.6 is 15.9 Å². The van der Waals surface area contributed by atoms with Gasteiger partial charge in [-0.05, 0) is 34.0 Å². The lowest BCUT2D eigenvalue weighted by molar-refractivity contribution is 0.104. The van der Waals surface area contributed by atoms with E-state index in [2.05, 4.69) is 15.9 Å². The first-order valence-electron chi connectivity index (χ1n) is 5.16. The van der Waals surface area contributed by atoms with Crippen molar-refractivity contribution in [1.82, 2.24) is 0 Å². The molecule has 1 atom stereocenters. The molecule has 0 spiro atoms. The van der Waals surface area contributed by atoms with Gasteiger partial charge in [-0.3, -0.25) is 0 Å². The molecule has 1 N–H and O–H groups in total. The molecule has 0 aliphatic rings. The third-order valence-electron chi connectivity index (χ3n) is 2.59. The minimum Gasteiger partial charge on any atom is -0.455 e. The van der Waals surface area contributed by atoms with Gasteiger partial charge < -0.3 is 9.52 Å².